The Bertz CT molecular complexity index is 713. The van der Waals surface area contributed by atoms with E-state index in [0.29, 0.717) is 12.1 Å². The van der Waals surface area contributed by atoms with Crippen molar-refractivity contribution in [2.45, 2.75) is 52.0 Å². The summed E-state index contributed by atoms with van der Waals surface area (Å²) in [5.74, 6) is 1.28. The second-order valence-corrected chi connectivity index (χ2v) is 7.97. The molecule has 1 saturated carbocycles. The van der Waals surface area contributed by atoms with E-state index >= 15 is 0 Å². The fraction of sp³-hybridized carbons (Fsp3) is 0.632. The molecule has 0 N–H and O–H groups in total. The first-order valence-corrected chi connectivity index (χ1v) is 9.00. The Labute approximate surface area is 145 Å². The Morgan fingerprint density at radius 2 is 2.00 bits per heavy atom. The summed E-state index contributed by atoms with van der Waals surface area (Å²) in [4.78, 5) is 16.3. The third-order valence-electron chi connectivity index (χ3n) is 5.84. The van der Waals surface area contributed by atoms with Crippen LogP contribution in [0.25, 0.3) is 0 Å². The van der Waals surface area contributed by atoms with Gasteiger partial charge in [-0.25, -0.2) is 0 Å². The molecule has 1 aliphatic carbocycles. The van der Waals surface area contributed by atoms with E-state index in [-0.39, 0.29) is 29.6 Å². The molecule has 2 unspecified atom stereocenters. The van der Waals surface area contributed by atoms with Crippen LogP contribution in [-0.4, -0.2) is 34.8 Å². The topological polar surface area (TPSA) is 23.6 Å². The minimum atomic E-state index is -4.43. The number of hydrogen-bond acceptors (Lipinski definition) is 2. The number of fused-ring (bicyclic) bond motifs is 2. The van der Waals surface area contributed by atoms with Gasteiger partial charge in [-0.15, -0.1) is 0 Å². The fourth-order valence-corrected chi connectivity index (χ4v) is 4.31. The molecule has 0 bridgehead atoms. The summed E-state index contributed by atoms with van der Waals surface area (Å²) < 4.78 is 40.7. The molecule has 1 aromatic carbocycles. The van der Waals surface area contributed by atoms with E-state index in [0.717, 1.165) is 31.3 Å². The van der Waals surface area contributed by atoms with Crippen LogP contribution < -0.4 is 0 Å². The number of piperidine rings is 1. The largest absolute Gasteiger partial charge is 0.416 e. The van der Waals surface area contributed by atoms with Gasteiger partial charge < -0.3 is 4.90 Å². The molecule has 4 rings (SSSR count). The van der Waals surface area contributed by atoms with Crippen LogP contribution in [0.2, 0.25) is 0 Å². The molecule has 1 aromatic rings. The highest BCUT2D eigenvalue weighted by Gasteiger charge is 2.42. The number of carbonyl (C=O) groups excluding carboxylic acids is 1. The Kier molecular flexibility index (Phi) is 3.87. The van der Waals surface area contributed by atoms with E-state index in [2.05, 4.69) is 4.90 Å². The van der Waals surface area contributed by atoms with Crippen LogP contribution in [0.1, 0.15) is 53.7 Å². The zero-order chi connectivity index (χ0) is 17.9. The number of rotatable bonds is 3. The first-order chi connectivity index (χ1) is 11.7. The molecule has 0 aromatic heterocycles. The smallest absolute Gasteiger partial charge is 0.332 e. The lowest BCUT2D eigenvalue weighted by Gasteiger charge is -2.26. The third-order valence-corrected chi connectivity index (χ3v) is 5.84. The number of amides is 1. The van der Waals surface area contributed by atoms with Gasteiger partial charge in [0, 0.05) is 31.2 Å². The molecule has 1 amide bonds. The molecule has 3 nitrogen and oxygen atoms in total. The van der Waals surface area contributed by atoms with Crippen LogP contribution in [0.15, 0.2) is 12.1 Å². The Hall–Kier alpha value is -1.56. The number of likely N-dealkylation sites (tertiary alicyclic amines) is 1. The van der Waals surface area contributed by atoms with Gasteiger partial charge in [0.15, 0.2) is 0 Å². The van der Waals surface area contributed by atoms with E-state index < -0.39 is 11.7 Å². The number of halogens is 3. The van der Waals surface area contributed by atoms with Crippen molar-refractivity contribution in [3.63, 3.8) is 0 Å². The normalized spacial score (nSPS) is 26.2. The van der Waals surface area contributed by atoms with Gasteiger partial charge in [-0.3, -0.25) is 9.69 Å². The van der Waals surface area contributed by atoms with Crippen molar-refractivity contribution in [2.24, 2.45) is 11.8 Å². The van der Waals surface area contributed by atoms with E-state index in [1.165, 1.54) is 17.4 Å². The summed E-state index contributed by atoms with van der Waals surface area (Å²) >= 11 is 0. The first-order valence-electron chi connectivity index (χ1n) is 9.00. The van der Waals surface area contributed by atoms with Crippen LogP contribution >= 0.6 is 0 Å². The molecule has 1 saturated heterocycles. The van der Waals surface area contributed by atoms with E-state index in [1.54, 1.807) is 6.07 Å². The van der Waals surface area contributed by atoms with Gasteiger partial charge in [0.05, 0.1) is 5.56 Å². The molecular weight excluding hydrogens is 329 g/mol. The maximum absolute atomic E-state index is 13.6. The standard InChI is InChI=1S/C19H23F3N2O/c1-11(2)24-10-16-15(18(24)25)5-12(6-17(16)19(20,21)22)8-23-4-3-13-7-14(13)9-23/h5-6,11,13-14H,3-4,7-10H2,1-2H3. The molecule has 6 heteroatoms. The molecule has 0 spiro atoms. The highest BCUT2D eigenvalue weighted by molar-refractivity contribution is 5.99. The highest BCUT2D eigenvalue weighted by atomic mass is 19.4. The van der Waals surface area contributed by atoms with Gasteiger partial charge in [-0.2, -0.15) is 13.2 Å². The number of alkyl halides is 3. The van der Waals surface area contributed by atoms with Crippen molar-refractivity contribution < 1.29 is 18.0 Å². The van der Waals surface area contributed by atoms with Crippen molar-refractivity contribution in [3.8, 4) is 0 Å². The molecular formula is C19H23F3N2O. The summed E-state index contributed by atoms with van der Waals surface area (Å²) in [6, 6.07) is 2.83. The molecule has 2 fully saturated rings. The lowest BCUT2D eigenvalue weighted by atomic mass is 9.98. The molecule has 0 radical (unpaired) electrons. The Morgan fingerprint density at radius 1 is 1.24 bits per heavy atom. The van der Waals surface area contributed by atoms with Crippen molar-refractivity contribution in [1.29, 1.82) is 0 Å². The number of benzene rings is 1. The molecule has 25 heavy (non-hydrogen) atoms. The minimum absolute atomic E-state index is 0.0500. The molecule has 2 atom stereocenters. The molecule has 2 heterocycles. The zero-order valence-electron chi connectivity index (χ0n) is 14.6. The second kappa shape index (κ2) is 5.73. The predicted molar refractivity (Wildman–Crippen MR) is 87.9 cm³/mol. The lowest BCUT2D eigenvalue weighted by molar-refractivity contribution is -0.138. The van der Waals surface area contributed by atoms with Crippen LogP contribution in [0.4, 0.5) is 13.2 Å². The molecule has 136 valence electrons. The highest BCUT2D eigenvalue weighted by Crippen LogP contribution is 2.45. The van der Waals surface area contributed by atoms with Crippen molar-refractivity contribution in [3.05, 3.63) is 34.4 Å². The minimum Gasteiger partial charge on any atom is -0.332 e. The third kappa shape index (κ3) is 3.05. The first kappa shape index (κ1) is 16.9. The molecule has 3 aliphatic rings. The summed E-state index contributed by atoms with van der Waals surface area (Å²) in [6.45, 7) is 6.11. The maximum atomic E-state index is 13.6. The van der Waals surface area contributed by atoms with Crippen LogP contribution in [-0.2, 0) is 19.3 Å². The monoisotopic (exact) mass is 352 g/mol. The number of carbonyl (C=O) groups is 1. The van der Waals surface area contributed by atoms with Crippen molar-refractivity contribution in [2.75, 3.05) is 13.1 Å². The van der Waals surface area contributed by atoms with E-state index in [4.69, 9.17) is 0 Å². The van der Waals surface area contributed by atoms with Gasteiger partial charge >= 0.3 is 6.18 Å². The average molecular weight is 352 g/mol. The van der Waals surface area contributed by atoms with Gasteiger partial charge in [0.1, 0.15) is 0 Å². The quantitative estimate of drug-likeness (QED) is 0.823. The summed E-state index contributed by atoms with van der Waals surface area (Å²) in [5.41, 5.74) is 0.331. The van der Waals surface area contributed by atoms with Gasteiger partial charge in [-0.05, 0) is 68.3 Å². The summed E-state index contributed by atoms with van der Waals surface area (Å²) in [6.07, 6.45) is -2.03. The molecule has 2 aliphatic heterocycles. The van der Waals surface area contributed by atoms with Gasteiger partial charge in [0.2, 0.25) is 0 Å². The summed E-state index contributed by atoms with van der Waals surface area (Å²) in [7, 11) is 0. The average Bonchev–Trinajstić information content (AvgIpc) is 3.22. The zero-order valence-corrected chi connectivity index (χ0v) is 14.6. The van der Waals surface area contributed by atoms with Crippen LogP contribution in [0.3, 0.4) is 0 Å². The van der Waals surface area contributed by atoms with E-state index in [1.807, 2.05) is 13.8 Å². The van der Waals surface area contributed by atoms with Crippen LogP contribution in [0, 0.1) is 11.8 Å². The van der Waals surface area contributed by atoms with Crippen molar-refractivity contribution >= 4 is 5.91 Å². The fourth-order valence-electron chi connectivity index (χ4n) is 4.31. The Balaban J connectivity index is 1.66. The number of hydrogen-bond donors (Lipinski definition) is 0. The summed E-state index contributed by atoms with van der Waals surface area (Å²) in [5, 5.41) is 0. The van der Waals surface area contributed by atoms with Gasteiger partial charge in [-0.1, -0.05) is 0 Å². The Morgan fingerprint density at radius 3 is 2.64 bits per heavy atom. The lowest BCUT2D eigenvalue weighted by Crippen LogP contribution is -2.31. The number of nitrogens with zero attached hydrogens (tertiary/aromatic N) is 2. The SMILES string of the molecule is CC(C)N1Cc2c(cc(CN3CCC4CC4C3)cc2C(F)(F)F)C1=O. The second-order valence-electron chi connectivity index (χ2n) is 7.97. The predicted octanol–water partition coefficient (Wildman–Crippen LogP) is 3.91. The van der Waals surface area contributed by atoms with Crippen molar-refractivity contribution in [1.82, 2.24) is 9.80 Å². The van der Waals surface area contributed by atoms with Crippen LogP contribution in [0.5, 0.6) is 0 Å². The van der Waals surface area contributed by atoms with Gasteiger partial charge in [0.25, 0.3) is 5.91 Å². The van der Waals surface area contributed by atoms with E-state index in [9.17, 15) is 18.0 Å². The maximum Gasteiger partial charge on any atom is 0.416 e.